The summed E-state index contributed by atoms with van der Waals surface area (Å²) in [7, 11) is 1.44. The molecule has 0 radical (unpaired) electrons. The van der Waals surface area contributed by atoms with Crippen molar-refractivity contribution >= 4 is 17.5 Å². The Morgan fingerprint density at radius 1 is 1.18 bits per heavy atom. The van der Waals surface area contributed by atoms with Crippen LogP contribution in [0.1, 0.15) is 17.2 Å². The van der Waals surface area contributed by atoms with Crippen molar-refractivity contribution in [3.8, 4) is 0 Å². The van der Waals surface area contributed by atoms with Gasteiger partial charge in [-0.2, -0.15) is 13.2 Å². The van der Waals surface area contributed by atoms with Gasteiger partial charge in [0.15, 0.2) is 0 Å². The van der Waals surface area contributed by atoms with Gasteiger partial charge in [-0.15, -0.1) is 0 Å². The number of aromatic nitrogens is 1. The molecule has 2 heterocycles. The minimum absolute atomic E-state index is 0.0375. The van der Waals surface area contributed by atoms with Gasteiger partial charge in [0.2, 0.25) is 11.8 Å². The number of likely N-dealkylation sites (tertiary alicyclic amines) is 1. The Labute approximate surface area is 156 Å². The second-order valence-corrected chi connectivity index (χ2v) is 6.42. The molecule has 1 saturated heterocycles. The zero-order chi connectivity index (χ0) is 20.6. The number of rotatable bonds is 3. The largest absolute Gasteiger partial charge is 0.433 e. The van der Waals surface area contributed by atoms with Crippen LogP contribution >= 0.6 is 0 Å². The van der Waals surface area contributed by atoms with E-state index >= 15 is 0 Å². The smallest absolute Gasteiger partial charge is 0.344 e. The van der Waals surface area contributed by atoms with Gasteiger partial charge in [0.05, 0.1) is 11.9 Å². The SMILES string of the molecule is CN1C[C@H](c2cc(F)cc(F)c2)[C@@H](C(=O)Nc2ccc(C(F)(F)F)nc2)C1=O. The van der Waals surface area contributed by atoms with Crippen LogP contribution in [0.25, 0.3) is 0 Å². The molecule has 148 valence electrons. The van der Waals surface area contributed by atoms with Gasteiger partial charge < -0.3 is 10.2 Å². The van der Waals surface area contributed by atoms with E-state index in [0.717, 1.165) is 24.4 Å². The molecule has 2 amide bonds. The third-order valence-electron chi connectivity index (χ3n) is 4.43. The van der Waals surface area contributed by atoms with Crippen molar-refractivity contribution in [2.75, 3.05) is 18.9 Å². The zero-order valence-electron chi connectivity index (χ0n) is 14.4. The molecule has 1 aromatic carbocycles. The molecule has 0 spiro atoms. The number of carbonyl (C=O) groups excluding carboxylic acids is 2. The van der Waals surface area contributed by atoms with Gasteiger partial charge >= 0.3 is 6.18 Å². The molecule has 2 atom stereocenters. The molecule has 0 bridgehead atoms. The Morgan fingerprint density at radius 3 is 2.36 bits per heavy atom. The number of alkyl halides is 3. The van der Waals surface area contributed by atoms with Crippen molar-refractivity contribution in [3.63, 3.8) is 0 Å². The summed E-state index contributed by atoms with van der Waals surface area (Å²) in [5.74, 6) is -5.15. The van der Waals surface area contributed by atoms with Crippen molar-refractivity contribution in [1.82, 2.24) is 9.88 Å². The van der Waals surface area contributed by atoms with Crippen LogP contribution < -0.4 is 5.32 Å². The first-order chi connectivity index (χ1) is 13.1. The minimum atomic E-state index is -4.63. The summed E-state index contributed by atoms with van der Waals surface area (Å²) in [6.45, 7) is 0.0606. The van der Waals surface area contributed by atoms with Crippen LogP contribution in [0, 0.1) is 17.6 Å². The summed E-state index contributed by atoms with van der Waals surface area (Å²) in [6.07, 6.45) is -3.81. The average Bonchev–Trinajstić information content (AvgIpc) is 2.89. The summed E-state index contributed by atoms with van der Waals surface area (Å²) in [6, 6.07) is 4.46. The molecule has 0 saturated carbocycles. The predicted octanol–water partition coefficient (Wildman–Crippen LogP) is 3.19. The Hall–Kier alpha value is -3.04. The number of nitrogens with zero attached hydrogens (tertiary/aromatic N) is 2. The number of hydrogen-bond acceptors (Lipinski definition) is 3. The number of benzene rings is 1. The number of halogens is 5. The van der Waals surface area contributed by atoms with Crippen molar-refractivity contribution < 1.29 is 31.5 Å². The third-order valence-corrected chi connectivity index (χ3v) is 4.43. The zero-order valence-corrected chi connectivity index (χ0v) is 14.4. The van der Waals surface area contributed by atoms with E-state index in [-0.39, 0.29) is 17.8 Å². The minimum Gasteiger partial charge on any atom is -0.344 e. The molecular formula is C18H14F5N3O2. The summed E-state index contributed by atoms with van der Waals surface area (Å²) in [5.41, 5.74) is -1.03. The van der Waals surface area contributed by atoms with Gasteiger partial charge in [0.25, 0.3) is 0 Å². The lowest BCUT2D eigenvalue weighted by atomic mass is 9.87. The molecule has 2 aromatic rings. The molecule has 3 rings (SSSR count). The predicted molar refractivity (Wildman–Crippen MR) is 88.1 cm³/mol. The highest BCUT2D eigenvalue weighted by Crippen LogP contribution is 2.35. The number of pyridine rings is 1. The van der Waals surface area contributed by atoms with Crippen LogP contribution in [-0.2, 0) is 15.8 Å². The molecule has 0 unspecified atom stereocenters. The van der Waals surface area contributed by atoms with Crippen LogP contribution in [-0.4, -0.2) is 35.3 Å². The molecule has 10 heteroatoms. The van der Waals surface area contributed by atoms with Crippen molar-refractivity contribution in [2.24, 2.45) is 5.92 Å². The molecule has 1 aliphatic rings. The summed E-state index contributed by atoms with van der Waals surface area (Å²) < 4.78 is 64.8. The topological polar surface area (TPSA) is 62.3 Å². The highest BCUT2D eigenvalue weighted by atomic mass is 19.4. The van der Waals surface area contributed by atoms with E-state index in [1.54, 1.807) is 0 Å². The maximum Gasteiger partial charge on any atom is 0.433 e. The van der Waals surface area contributed by atoms with Gasteiger partial charge in [-0.1, -0.05) is 0 Å². The molecule has 5 nitrogen and oxygen atoms in total. The molecule has 1 aliphatic heterocycles. The van der Waals surface area contributed by atoms with Gasteiger partial charge in [0.1, 0.15) is 23.2 Å². The fraction of sp³-hybridized carbons (Fsp3) is 0.278. The third kappa shape index (κ3) is 3.95. The highest BCUT2D eigenvalue weighted by Gasteiger charge is 2.44. The summed E-state index contributed by atoms with van der Waals surface area (Å²) in [4.78, 5) is 29.5. The quantitative estimate of drug-likeness (QED) is 0.637. The first-order valence-corrected chi connectivity index (χ1v) is 8.11. The Morgan fingerprint density at radius 2 is 1.82 bits per heavy atom. The maximum atomic E-state index is 13.5. The fourth-order valence-corrected chi connectivity index (χ4v) is 3.14. The number of likely N-dealkylation sites (N-methyl/N-ethyl adjacent to an activating group) is 1. The lowest BCUT2D eigenvalue weighted by Crippen LogP contribution is -2.32. The van der Waals surface area contributed by atoms with Gasteiger partial charge in [-0.05, 0) is 29.8 Å². The van der Waals surface area contributed by atoms with E-state index < -0.39 is 47.2 Å². The second-order valence-electron chi connectivity index (χ2n) is 6.42. The Kier molecular flexibility index (Phi) is 5.05. The van der Waals surface area contributed by atoms with Crippen LogP contribution in [0.5, 0.6) is 0 Å². The normalized spacial score (nSPS) is 19.8. The first-order valence-electron chi connectivity index (χ1n) is 8.11. The van der Waals surface area contributed by atoms with Crippen LogP contribution in [0.3, 0.4) is 0 Å². The summed E-state index contributed by atoms with van der Waals surface area (Å²) >= 11 is 0. The fourth-order valence-electron chi connectivity index (χ4n) is 3.14. The molecule has 0 aliphatic carbocycles. The second kappa shape index (κ2) is 7.17. The van der Waals surface area contributed by atoms with E-state index in [1.165, 1.54) is 11.9 Å². The monoisotopic (exact) mass is 399 g/mol. The van der Waals surface area contributed by atoms with E-state index in [2.05, 4.69) is 10.3 Å². The summed E-state index contributed by atoms with van der Waals surface area (Å²) in [5, 5.41) is 2.34. The first kappa shape index (κ1) is 19.7. The van der Waals surface area contributed by atoms with Crippen molar-refractivity contribution in [3.05, 3.63) is 59.4 Å². The van der Waals surface area contributed by atoms with Crippen molar-refractivity contribution in [1.29, 1.82) is 0 Å². The Balaban J connectivity index is 1.84. The van der Waals surface area contributed by atoms with Crippen LogP contribution in [0.4, 0.5) is 27.6 Å². The van der Waals surface area contributed by atoms with Crippen LogP contribution in [0.2, 0.25) is 0 Å². The number of nitrogens with one attached hydrogen (secondary N) is 1. The van der Waals surface area contributed by atoms with Gasteiger partial charge in [-0.25, -0.2) is 13.8 Å². The van der Waals surface area contributed by atoms with E-state index in [1.807, 2.05) is 0 Å². The van der Waals surface area contributed by atoms with Crippen molar-refractivity contribution in [2.45, 2.75) is 12.1 Å². The average molecular weight is 399 g/mol. The molecular weight excluding hydrogens is 385 g/mol. The number of amides is 2. The molecule has 1 aromatic heterocycles. The van der Waals surface area contributed by atoms with E-state index in [0.29, 0.717) is 12.1 Å². The van der Waals surface area contributed by atoms with E-state index in [4.69, 9.17) is 0 Å². The highest BCUT2D eigenvalue weighted by molar-refractivity contribution is 6.08. The number of anilines is 1. The lowest BCUT2D eigenvalue weighted by molar-refractivity contribution is -0.141. The standard InChI is InChI=1S/C18H14F5N3O2/c1-26-8-13(9-4-10(19)6-11(20)5-9)15(17(26)28)16(27)25-12-2-3-14(24-7-12)18(21,22)23/h2-7,13,15H,8H2,1H3,(H,25,27)/t13-,15+/m1/s1. The Bertz CT molecular complexity index is 894. The maximum absolute atomic E-state index is 13.5. The molecule has 1 N–H and O–H groups in total. The number of hydrogen-bond donors (Lipinski definition) is 1. The molecule has 28 heavy (non-hydrogen) atoms. The lowest BCUT2D eigenvalue weighted by Gasteiger charge is -2.17. The molecule has 1 fully saturated rings. The van der Waals surface area contributed by atoms with Gasteiger partial charge in [0, 0.05) is 25.6 Å². The van der Waals surface area contributed by atoms with Gasteiger partial charge in [-0.3, -0.25) is 9.59 Å². The number of carbonyl (C=O) groups is 2. The van der Waals surface area contributed by atoms with E-state index in [9.17, 15) is 31.5 Å². The van der Waals surface area contributed by atoms with Crippen LogP contribution in [0.15, 0.2) is 36.5 Å².